The van der Waals surface area contributed by atoms with Gasteiger partial charge in [-0.3, -0.25) is 0 Å². The Hall–Kier alpha value is 0.0500. The smallest absolute Gasteiger partial charge is 0.195 e. The maximum Gasteiger partial charge on any atom is 0.282 e. The molecular formula is C10H15BrN2O2S2. The molecule has 2 rings (SSSR count). The van der Waals surface area contributed by atoms with Crippen LogP contribution in [0.25, 0.3) is 0 Å². The van der Waals surface area contributed by atoms with Gasteiger partial charge in [0.05, 0.1) is 0 Å². The minimum absolute atomic E-state index is 0.440. The third-order valence-corrected chi connectivity index (χ3v) is 6.40. The van der Waals surface area contributed by atoms with Crippen molar-refractivity contribution in [2.45, 2.75) is 19.4 Å². The molecule has 0 unspecified atom stereocenters. The standard InChI is InChI=1S/C10H15BrN2O2S2/c1-12(7-10-6-9(11)8-16-10)17(14,15)13-4-2-3-5-13/h6,8H,2-5,7H2,1H3. The summed E-state index contributed by atoms with van der Waals surface area (Å²) in [5.74, 6) is 0. The van der Waals surface area contributed by atoms with Gasteiger partial charge >= 0.3 is 0 Å². The maximum absolute atomic E-state index is 12.2. The molecule has 1 aromatic rings. The fraction of sp³-hybridized carbons (Fsp3) is 0.600. The molecule has 1 aliphatic rings. The van der Waals surface area contributed by atoms with E-state index in [0.717, 1.165) is 22.2 Å². The Morgan fingerprint density at radius 2 is 2.12 bits per heavy atom. The summed E-state index contributed by atoms with van der Waals surface area (Å²) in [4.78, 5) is 1.04. The summed E-state index contributed by atoms with van der Waals surface area (Å²) in [6, 6.07) is 1.96. The third-order valence-electron chi connectivity index (χ3n) is 2.79. The van der Waals surface area contributed by atoms with Gasteiger partial charge in [-0.1, -0.05) is 0 Å². The first-order chi connectivity index (χ1) is 8.00. The van der Waals surface area contributed by atoms with Crippen molar-refractivity contribution in [2.75, 3.05) is 20.1 Å². The van der Waals surface area contributed by atoms with Crippen LogP contribution in [0.5, 0.6) is 0 Å². The Morgan fingerprint density at radius 1 is 1.47 bits per heavy atom. The van der Waals surface area contributed by atoms with E-state index in [1.54, 1.807) is 22.7 Å². The molecule has 1 fully saturated rings. The van der Waals surface area contributed by atoms with E-state index in [9.17, 15) is 8.42 Å². The second-order valence-corrected chi connectivity index (χ2v) is 8.05. The molecule has 2 heterocycles. The molecule has 4 nitrogen and oxygen atoms in total. The van der Waals surface area contributed by atoms with Crippen LogP contribution >= 0.6 is 27.3 Å². The van der Waals surface area contributed by atoms with Crippen molar-refractivity contribution >= 4 is 37.5 Å². The van der Waals surface area contributed by atoms with Crippen molar-refractivity contribution in [3.63, 3.8) is 0 Å². The van der Waals surface area contributed by atoms with Crippen LogP contribution in [-0.2, 0) is 16.8 Å². The number of thiophene rings is 1. The Balaban J connectivity index is 2.06. The van der Waals surface area contributed by atoms with Gasteiger partial charge in [0.1, 0.15) is 0 Å². The average molecular weight is 339 g/mol. The molecule has 17 heavy (non-hydrogen) atoms. The largest absolute Gasteiger partial charge is 0.282 e. The maximum atomic E-state index is 12.2. The summed E-state index contributed by atoms with van der Waals surface area (Å²) >= 11 is 4.94. The Morgan fingerprint density at radius 3 is 2.65 bits per heavy atom. The monoisotopic (exact) mass is 338 g/mol. The summed E-state index contributed by atoms with van der Waals surface area (Å²) in [6.07, 6.45) is 1.94. The number of nitrogens with zero attached hydrogens (tertiary/aromatic N) is 2. The van der Waals surface area contributed by atoms with Gasteiger partial charge in [-0.05, 0) is 34.8 Å². The number of rotatable bonds is 4. The Labute approximate surface area is 115 Å². The lowest BCUT2D eigenvalue weighted by Gasteiger charge is -2.23. The van der Waals surface area contributed by atoms with E-state index in [0.29, 0.717) is 19.6 Å². The molecule has 0 bridgehead atoms. The molecule has 0 spiro atoms. The van der Waals surface area contributed by atoms with E-state index in [1.165, 1.54) is 4.31 Å². The number of halogens is 1. The normalized spacial score (nSPS) is 18.1. The van der Waals surface area contributed by atoms with Crippen LogP contribution < -0.4 is 0 Å². The van der Waals surface area contributed by atoms with Gasteiger partial charge in [-0.25, -0.2) is 0 Å². The molecule has 0 amide bonds. The van der Waals surface area contributed by atoms with Crippen molar-refractivity contribution in [3.05, 3.63) is 20.8 Å². The molecule has 0 aromatic carbocycles. The summed E-state index contributed by atoms with van der Waals surface area (Å²) in [6.45, 7) is 1.75. The van der Waals surface area contributed by atoms with Crippen LogP contribution in [0.15, 0.2) is 15.9 Å². The molecule has 7 heteroatoms. The molecule has 0 N–H and O–H groups in total. The zero-order valence-corrected chi connectivity index (χ0v) is 12.8. The zero-order valence-electron chi connectivity index (χ0n) is 9.60. The zero-order chi connectivity index (χ0) is 12.5. The molecule has 0 atom stereocenters. The Kier molecular flexibility index (Phi) is 4.25. The van der Waals surface area contributed by atoms with Gasteiger partial charge in [0.15, 0.2) is 0 Å². The minimum atomic E-state index is -3.27. The first kappa shape index (κ1) is 13.5. The average Bonchev–Trinajstić information content (AvgIpc) is 2.89. The lowest BCUT2D eigenvalue weighted by Crippen LogP contribution is -2.39. The van der Waals surface area contributed by atoms with Crippen LogP contribution in [0.3, 0.4) is 0 Å². The summed E-state index contributed by atoms with van der Waals surface area (Å²) in [7, 11) is -1.63. The molecule has 0 radical (unpaired) electrons. The predicted octanol–water partition coefficient (Wildman–Crippen LogP) is 2.28. The van der Waals surface area contributed by atoms with Gasteiger partial charge in [-0.15, -0.1) is 11.3 Å². The SMILES string of the molecule is CN(Cc1cc(Br)cs1)S(=O)(=O)N1CCCC1. The molecule has 1 aliphatic heterocycles. The number of hydrogen-bond donors (Lipinski definition) is 0. The molecule has 1 saturated heterocycles. The van der Waals surface area contributed by atoms with Crippen molar-refractivity contribution in [3.8, 4) is 0 Å². The van der Waals surface area contributed by atoms with E-state index in [1.807, 2.05) is 11.4 Å². The summed E-state index contributed by atoms with van der Waals surface area (Å²) < 4.78 is 28.4. The Bertz CT molecular complexity index is 480. The van der Waals surface area contributed by atoms with Crippen molar-refractivity contribution in [1.82, 2.24) is 8.61 Å². The second kappa shape index (κ2) is 5.36. The fourth-order valence-corrected chi connectivity index (χ4v) is 4.85. The van der Waals surface area contributed by atoms with Gasteiger partial charge in [0.25, 0.3) is 10.2 Å². The van der Waals surface area contributed by atoms with Gasteiger partial charge in [-0.2, -0.15) is 17.0 Å². The minimum Gasteiger partial charge on any atom is -0.195 e. The van der Waals surface area contributed by atoms with Crippen molar-refractivity contribution < 1.29 is 8.42 Å². The van der Waals surface area contributed by atoms with Crippen molar-refractivity contribution in [2.24, 2.45) is 0 Å². The molecule has 0 aliphatic carbocycles. The fourth-order valence-electron chi connectivity index (χ4n) is 1.85. The van der Waals surface area contributed by atoms with E-state index < -0.39 is 10.2 Å². The first-order valence-electron chi connectivity index (χ1n) is 5.44. The molecule has 1 aromatic heterocycles. The molecule has 96 valence electrons. The lowest BCUT2D eigenvalue weighted by molar-refractivity contribution is 0.393. The molecule has 0 saturated carbocycles. The highest BCUT2D eigenvalue weighted by atomic mass is 79.9. The predicted molar refractivity (Wildman–Crippen MR) is 73.2 cm³/mol. The van der Waals surface area contributed by atoms with Crippen LogP contribution in [0.4, 0.5) is 0 Å². The van der Waals surface area contributed by atoms with Crippen LogP contribution in [0.1, 0.15) is 17.7 Å². The third kappa shape index (κ3) is 3.08. The molecular weight excluding hydrogens is 324 g/mol. The van der Waals surface area contributed by atoms with Crippen LogP contribution in [0.2, 0.25) is 0 Å². The highest BCUT2D eigenvalue weighted by Crippen LogP contribution is 2.23. The number of hydrogen-bond acceptors (Lipinski definition) is 3. The highest BCUT2D eigenvalue weighted by Gasteiger charge is 2.29. The summed E-state index contributed by atoms with van der Waals surface area (Å²) in [5.41, 5.74) is 0. The lowest BCUT2D eigenvalue weighted by atomic mass is 10.4. The van der Waals surface area contributed by atoms with Gasteiger partial charge in [0.2, 0.25) is 0 Å². The van der Waals surface area contributed by atoms with E-state index >= 15 is 0 Å². The van der Waals surface area contributed by atoms with Crippen LogP contribution in [0, 0.1) is 0 Å². The highest BCUT2D eigenvalue weighted by molar-refractivity contribution is 9.10. The second-order valence-electron chi connectivity index (χ2n) is 4.10. The van der Waals surface area contributed by atoms with Crippen LogP contribution in [-0.4, -0.2) is 37.2 Å². The quantitative estimate of drug-likeness (QED) is 0.844. The van der Waals surface area contributed by atoms with E-state index in [2.05, 4.69) is 15.9 Å². The van der Waals surface area contributed by atoms with Gasteiger partial charge < -0.3 is 0 Å². The van der Waals surface area contributed by atoms with E-state index in [-0.39, 0.29) is 0 Å². The first-order valence-corrected chi connectivity index (χ1v) is 8.51. The van der Waals surface area contributed by atoms with Gasteiger partial charge in [0, 0.05) is 41.4 Å². The van der Waals surface area contributed by atoms with E-state index in [4.69, 9.17) is 0 Å². The summed E-state index contributed by atoms with van der Waals surface area (Å²) in [5, 5.41) is 1.96. The van der Waals surface area contributed by atoms with Crippen molar-refractivity contribution in [1.29, 1.82) is 0 Å². The topological polar surface area (TPSA) is 40.6 Å².